The molecule has 0 unspecified atom stereocenters. The first-order valence-electron chi connectivity index (χ1n) is 11.1. The molecule has 3 amide bonds. The Labute approximate surface area is 211 Å². The van der Waals surface area contributed by atoms with Crippen LogP contribution in [0.4, 0.5) is 11.4 Å². The van der Waals surface area contributed by atoms with Gasteiger partial charge in [0.05, 0.1) is 11.3 Å². The zero-order chi connectivity index (χ0) is 25.2. The lowest BCUT2D eigenvalue weighted by Crippen LogP contribution is -2.40. The minimum Gasteiger partial charge on any atom is -0.452 e. The number of esters is 1. The summed E-state index contributed by atoms with van der Waals surface area (Å²) in [6.45, 7) is -0.450. The number of carbonyl (C=O) groups excluding carboxylic acids is 4. The molecule has 0 saturated carbocycles. The van der Waals surface area contributed by atoms with Gasteiger partial charge in [0.25, 0.3) is 17.7 Å². The molecule has 0 saturated heterocycles. The average molecular weight is 497 g/mol. The molecule has 0 aliphatic carbocycles. The number of hydrogen-bond acceptors (Lipinski definition) is 6. The van der Waals surface area contributed by atoms with E-state index in [0.29, 0.717) is 27.9 Å². The molecular weight excluding hydrogens is 476 g/mol. The smallest absolute Gasteiger partial charge is 0.338 e. The summed E-state index contributed by atoms with van der Waals surface area (Å²) < 4.78 is 5.13. The SMILES string of the molecule is CSc1cccc(NC(=O)COC(=O)c2ccc(N3C(=O)c4cccc5cccc(c45)C3=O)cc2)c1. The Morgan fingerprint density at radius 2 is 1.50 bits per heavy atom. The molecule has 0 fully saturated rings. The van der Waals surface area contributed by atoms with Crippen LogP contribution in [0.3, 0.4) is 0 Å². The average Bonchev–Trinajstić information content (AvgIpc) is 2.91. The zero-order valence-corrected chi connectivity index (χ0v) is 20.0. The van der Waals surface area contributed by atoms with Gasteiger partial charge in [-0.15, -0.1) is 11.8 Å². The third-order valence-electron chi connectivity index (χ3n) is 5.82. The van der Waals surface area contributed by atoms with E-state index in [2.05, 4.69) is 5.32 Å². The third-order valence-corrected chi connectivity index (χ3v) is 6.55. The first-order chi connectivity index (χ1) is 17.5. The van der Waals surface area contributed by atoms with Gasteiger partial charge in [-0.2, -0.15) is 0 Å². The van der Waals surface area contributed by atoms with Crippen LogP contribution >= 0.6 is 11.8 Å². The molecular formula is C28H20N2O5S. The van der Waals surface area contributed by atoms with Gasteiger partial charge in [-0.1, -0.05) is 30.3 Å². The van der Waals surface area contributed by atoms with E-state index in [0.717, 1.165) is 15.2 Å². The first kappa shape index (κ1) is 23.3. The van der Waals surface area contributed by atoms with Gasteiger partial charge in [0.1, 0.15) is 0 Å². The highest BCUT2D eigenvalue weighted by atomic mass is 32.2. The number of rotatable bonds is 6. The summed E-state index contributed by atoms with van der Waals surface area (Å²) in [7, 11) is 0. The molecule has 0 aromatic heterocycles. The Bertz CT molecular complexity index is 1480. The van der Waals surface area contributed by atoms with Crippen molar-refractivity contribution in [2.75, 3.05) is 23.1 Å². The van der Waals surface area contributed by atoms with Gasteiger partial charge < -0.3 is 10.1 Å². The van der Waals surface area contributed by atoms with Crippen LogP contribution in [0.5, 0.6) is 0 Å². The van der Waals surface area contributed by atoms with Crippen LogP contribution in [0.2, 0.25) is 0 Å². The number of anilines is 2. The van der Waals surface area contributed by atoms with E-state index >= 15 is 0 Å². The maximum absolute atomic E-state index is 13.2. The second-order valence-electron chi connectivity index (χ2n) is 8.06. The van der Waals surface area contributed by atoms with Gasteiger partial charge in [-0.3, -0.25) is 14.4 Å². The zero-order valence-electron chi connectivity index (χ0n) is 19.2. The fraction of sp³-hybridized carbons (Fsp3) is 0.0714. The number of benzene rings is 4. The number of nitrogens with zero attached hydrogens (tertiary/aromatic N) is 1. The minimum atomic E-state index is -0.694. The Hall–Kier alpha value is -4.43. The van der Waals surface area contributed by atoms with Gasteiger partial charge in [-0.05, 0) is 66.2 Å². The van der Waals surface area contributed by atoms with E-state index in [4.69, 9.17) is 4.74 Å². The molecule has 0 radical (unpaired) electrons. The van der Waals surface area contributed by atoms with Crippen molar-refractivity contribution in [2.24, 2.45) is 0 Å². The van der Waals surface area contributed by atoms with Crippen LogP contribution in [0.15, 0.2) is 89.8 Å². The van der Waals surface area contributed by atoms with Crippen LogP contribution in [0.25, 0.3) is 10.8 Å². The quantitative estimate of drug-likeness (QED) is 0.225. The number of amides is 3. The molecule has 178 valence electrons. The largest absolute Gasteiger partial charge is 0.452 e. The van der Waals surface area contributed by atoms with Crippen molar-refractivity contribution in [3.05, 3.63) is 102 Å². The standard InChI is InChI=1S/C28H20N2O5S/c1-36-21-8-4-7-19(15-21)29-24(31)16-35-28(34)18-11-13-20(14-12-18)30-26(32)22-9-2-5-17-6-3-10-23(25(17)22)27(30)33/h2-15H,16H2,1H3,(H,29,31). The Morgan fingerprint density at radius 1 is 0.861 bits per heavy atom. The lowest BCUT2D eigenvalue weighted by atomic mass is 9.94. The van der Waals surface area contributed by atoms with Crippen molar-refractivity contribution in [1.82, 2.24) is 0 Å². The Kier molecular flexibility index (Phi) is 6.26. The van der Waals surface area contributed by atoms with Crippen molar-refractivity contribution in [1.29, 1.82) is 0 Å². The van der Waals surface area contributed by atoms with E-state index in [1.54, 1.807) is 42.1 Å². The minimum absolute atomic E-state index is 0.190. The maximum Gasteiger partial charge on any atom is 0.338 e. The number of imide groups is 1. The molecule has 1 N–H and O–H groups in total. The summed E-state index contributed by atoms with van der Waals surface area (Å²) in [4.78, 5) is 53.1. The van der Waals surface area contributed by atoms with Gasteiger partial charge in [0, 0.05) is 27.1 Å². The second-order valence-corrected chi connectivity index (χ2v) is 8.94. The van der Waals surface area contributed by atoms with E-state index in [1.165, 1.54) is 24.3 Å². The first-order valence-corrected chi connectivity index (χ1v) is 12.3. The fourth-order valence-corrected chi connectivity index (χ4v) is 4.58. The lowest BCUT2D eigenvalue weighted by molar-refractivity contribution is -0.119. The third kappa shape index (κ3) is 4.34. The molecule has 4 aromatic rings. The highest BCUT2D eigenvalue weighted by Gasteiger charge is 2.33. The topological polar surface area (TPSA) is 92.8 Å². The Balaban J connectivity index is 1.27. The number of hydrogen-bond donors (Lipinski definition) is 1. The predicted molar refractivity (Wildman–Crippen MR) is 139 cm³/mol. The van der Waals surface area contributed by atoms with Gasteiger partial charge >= 0.3 is 5.97 Å². The van der Waals surface area contributed by atoms with E-state index in [-0.39, 0.29) is 5.56 Å². The molecule has 1 heterocycles. The Morgan fingerprint density at radius 3 is 2.14 bits per heavy atom. The summed E-state index contributed by atoms with van der Waals surface area (Å²) in [5.74, 6) is -2.01. The van der Waals surface area contributed by atoms with Crippen molar-refractivity contribution < 1.29 is 23.9 Å². The van der Waals surface area contributed by atoms with Crippen LogP contribution in [-0.2, 0) is 9.53 Å². The highest BCUT2D eigenvalue weighted by Crippen LogP contribution is 2.32. The molecule has 0 bridgehead atoms. The summed E-state index contributed by atoms with van der Waals surface area (Å²) >= 11 is 1.55. The molecule has 1 aliphatic heterocycles. The fourth-order valence-electron chi connectivity index (χ4n) is 4.12. The van der Waals surface area contributed by atoms with Crippen LogP contribution in [-0.4, -0.2) is 36.6 Å². The van der Waals surface area contributed by atoms with E-state index in [9.17, 15) is 19.2 Å². The molecule has 8 heteroatoms. The number of nitrogens with one attached hydrogen (secondary N) is 1. The number of ether oxygens (including phenoxy) is 1. The highest BCUT2D eigenvalue weighted by molar-refractivity contribution is 7.98. The van der Waals surface area contributed by atoms with Gasteiger partial charge in [0.15, 0.2) is 6.61 Å². The summed E-state index contributed by atoms with van der Waals surface area (Å²) in [6.07, 6.45) is 1.93. The molecule has 5 rings (SSSR count). The number of thioether (sulfide) groups is 1. The molecule has 0 spiro atoms. The number of carbonyl (C=O) groups is 4. The van der Waals surface area contributed by atoms with Crippen molar-refractivity contribution in [3.63, 3.8) is 0 Å². The molecule has 4 aromatic carbocycles. The van der Waals surface area contributed by atoms with Gasteiger partial charge in [0.2, 0.25) is 0 Å². The van der Waals surface area contributed by atoms with E-state index in [1.807, 2.05) is 36.6 Å². The predicted octanol–water partition coefficient (Wildman–Crippen LogP) is 5.16. The van der Waals surface area contributed by atoms with Crippen molar-refractivity contribution >= 4 is 57.6 Å². The van der Waals surface area contributed by atoms with Gasteiger partial charge in [-0.25, -0.2) is 9.69 Å². The normalized spacial score (nSPS) is 12.5. The molecule has 7 nitrogen and oxygen atoms in total. The maximum atomic E-state index is 13.2. The van der Waals surface area contributed by atoms with Crippen LogP contribution in [0.1, 0.15) is 31.1 Å². The summed E-state index contributed by atoms with van der Waals surface area (Å²) in [6, 6.07) is 23.9. The monoisotopic (exact) mass is 496 g/mol. The van der Waals surface area contributed by atoms with E-state index < -0.39 is 30.3 Å². The molecule has 1 aliphatic rings. The van der Waals surface area contributed by atoms with Crippen molar-refractivity contribution in [2.45, 2.75) is 4.90 Å². The van der Waals surface area contributed by atoms with Crippen LogP contribution in [0, 0.1) is 0 Å². The molecule has 36 heavy (non-hydrogen) atoms. The second kappa shape index (κ2) is 9.67. The van der Waals surface area contributed by atoms with Crippen molar-refractivity contribution in [3.8, 4) is 0 Å². The lowest BCUT2D eigenvalue weighted by Gasteiger charge is -2.27. The molecule has 0 atom stereocenters. The summed E-state index contributed by atoms with van der Waals surface area (Å²) in [5.41, 5.74) is 2.02. The summed E-state index contributed by atoms with van der Waals surface area (Å²) in [5, 5.41) is 4.16. The van der Waals surface area contributed by atoms with Crippen LogP contribution < -0.4 is 10.2 Å².